The fourth-order valence-corrected chi connectivity index (χ4v) is 9.18. The number of aliphatic hydroxyl groups excluding tert-OH is 1. The van der Waals surface area contributed by atoms with Crippen LogP contribution in [0, 0.1) is 35.4 Å². The first kappa shape index (κ1) is 35.2. The monoisotopic (exact) mass is 610 g/mol. The molecule has 1 aromatic carbocycles. The molecule has 248 valence electrons. The van der Waals surface area contributed by atoms with Gasteiger partial charge in [-0.1, -0.05) is 64.2 Å². The van der Waals surface area contributed by atoms with E-state index in [1.165, 1.54) is 89.9 Å². The van der Waals surface area contributed by atoms with Gasteiger partial charge < -0.3 is 9.84 Å². The van der Waals surface area contributed by atoms with Gasteiger partial charge in [0, 0.05) is 12.2 Å². The Labute approximate surface area is 268 Å². The van der Waals surface area contributed by atoms with E-state index in [9.17, 15) is 9.90 Å². The van der Waals surface area contributed by atoms with Crippen molar-refractivity contribution in [3.8, 4) is 0 Å². The van der Waals surface area contributed by atoms with E-state index in [0.717, 1.165) is 66.4 Å². The standard InChI is InChI=1S/C40H63FO3/c1-4-5-6-9-30-12-14-32(15-13-30)33-16-18-34(19-17-33)35-20-22-36(23-21-35)38-25-24-37(28-39(38)41)31(10-7-26-42)11-8-27-44-40(43)29(2)3/h24-25,28,30-36,42H,2,4-23,26-27H2,1,3H3. The van der Waals surface area contributed by atoms with Gasteiger partial charge in [0.25, 0.3) is 0 Å². The first-order chi connectivity index (χ1) is 21.4. The summed E-state index contributed by atoms with van der Waals surface area (Å²) in [5.41, 5.74) is 2.31. The minimum absolute atomic E-state index is 0.0609. The van der Waals surface area contributed by atoms with Crippen LogP contribution in [0.15, 0.2) is 30.4 Å². The molecule has 4 rings (SSSR count). The summed E-state index contributed by atoms with van der Waals surface area (Å²) in [6.45, 7) is 8.06. The fraction of sp³-hybridized carbons (Fsp3) is 0.775. The predicted molar refractivity (Wildman–Crippen MR) is 180 cm³/mol. The minimum atomic E-state index is -0.361. The van der Waals surface area contributed by atoms with Crippen LogP contribution in [0.2, 0.25) is 0 Å². The molecule has 1 N–H and O–H groups in total. The third kappa shape index (κ3) is 10.4. The lowest BCUT2D eigenvalue weighted by molar-refractivity contribution is -0.139. The summed E-state index contributed by atoms with van der Waals surface area (Å²) in [6.07, 6.45) is 25.2. The van der Waals surface area contributed by atoms with Gasteiger partial charge in [-0.25, -0.2) is 9.18 Å². The van der Waals surface area contributed by atoms with Crippen molar-refractivity contribution >= 4 is 5.97 Å². The number of unbranched alkanes of at least 4 members (excludes halogenated alkanes) is 2. The first-order valence-corrected chi connectivity index (χ1v) is 18.6. The van der Waals surface area contributed by atoms with Gasteiger partial charge in [0.15, 0.2) is 0 Å². The third-order valence-electron chi connectivity index (χ3n) is 12.0. The molecule has 4 heteroatoms. The number of halogens is 1. The number of carbonyl (C=O) groups excluding carboxylic acids is 1. The van der Waals surface area contributed by atoms with Crippen LogP contribution >= 0.6 is 0 Å². The van der Waals surface area contributed by atoms with E-state index in [-0.39, 0.29) is 24.3 Å². The van der Waals surface area contributed by atoms with Crippen molar-refractivity contribution in [1.82, 2.24) is 0 Å². The molecule has 3 saturated carbocycles. The Balaban J connectivity index is 1.20. The number of ether oxygens (including phenoxy) is 1. The van der Waals surface area contributed by atoms with Crippen molar-refractivity contribution in [2.24, 2.45) is 29.6 Å². The highest BCUT2D eigenvalue weighted by molar-refractivity contribution is 5.86. The molecule has 44 heavy (non-hydrogen) atoms. The lowest BCUT2D eigenvalue weighted by atomic mass is 9.64. The molecule has 1 unspecified atom stereocenters. The highest BCUT2D eigenvalue weighted by Gasteiger charge is 2.35. The average Bonchev–Trinajstić information content (AvgIpc) is 3.05. The Morgan fingerprint density at radius 2 is 1.43 bits per heavy atom. The molecule has 0 aliphatic heterocycles. The lowest BCUT2D eigenvalue weighted by Crippen LogP contribution is -2.29. The highest BCUT2D eigenvalue weighted by atomic mass is 19.1. The number of aliphatic hydroxyl groups is 1. The minimum Gasteiger partial charge on any atom is -0.462 e. The second-order valence-electron chi connectivity index (χ2n) is 15.0. The number of hydrogen-bond acceptors (Lipinski definition) is 3. The van der Waals surface area contributed by atoms with Gasteiger partial charge in [0.2, 0.25) is 0 Å². The molecular formula is C40H63FO3. The second-order valence-corrected chi connectivity index (χ2v) is 15.0. The molecule has 3 nitrogen and oxygen atoms in total. The van der Waals surface area contributed by atoms with Gasteiger partial charge in [-0.15, -0.1) is 0 Å². The zero-order valence-electron chi connectivity index (χ0n) is 28.2. The number of rotatable bonds is 16. The van der Waals surface area contributed by atoms with E-state index in [1.54, 1.807) is 13.0 Å². The molecule has 0 heterocycles. The predicted octanol–water partition coefficient (Wildman–Crippen LogP) is 11.0. The number of esters is 1. The third-order valence-corrected chi connectivity index (χ3v) is 12.0. The molecule has 3 fully saturated rings. The van der Waals surface area contributed by atoms with E-state index in [4.69, 9.17) is 4.74 Å². The zero-order valence-corrected chi connectivity index (χ0v) is 28.2. The molecule has 0 aromatic heterocycles. The summed E-state index contributed by atoms with van der Waals surface area (Å²) in [5.74, 6) is 4.80. The Hall–Kier alpha value is -1.68. The maximum absolute atomic E-state index is 15.5. The van der Waals surface area contributed by atoms with Gasteiger partial charge in [-0.2, -0.15) is 0 Å². The Bertz CT molecular complexity index is 996. The van der Waals surface area contributed by atoms with Crippen LogP contribution < -0.4 is 0 Å². The molecule has 0 saturated heterocycles. The number of benzene rings is 1. The van der Waals surface area contributed by atoms with Crippen molar-refractivity contribution in [1.29, 1.82) is 0 Å². The van der Waals surface area contributed by atoms with Crippen molar-refractivity contribution < 1.29 is 19.0 Å². The van der Waals surface area contributed by atoms with Crippen LogP contribution in [0.4, 0.5) is 4.39 Å². The number of carbonyl (C=O) groups is 1. The lowest BCUT2D eigenvalue weighted by Gasteiger charge is -2.41. The van der Waals surface area contributed by atoms with Crippen LogP contribution in [-0.4, -0.2) is 24.3 Å². The molecule has 0 bridgehead atoms. The van der Waals surface area contributed by atoms with E-state index in [1.807, 2.05) is 6.07 Å². The normalized spacial score (nSPS) is 28.4. The van der Waals surface area contributed by atoms with Crippen LogP contribution in [0.3, 0.4) is 0 Å². The molecule has 1 atom stereocenters. The molecular weight excluding hydrogens is 547 g/mol. The van der Waals surface area contributed by atoms with Crippen molar-refractivity contribution in [3.05, 3.63) is 47.3 Å². The van der Waals surface area contributed by atoms with E-state index in [2.05, 4.69) is 19.6 Å². The topological polar surface area (TPSA) is 46.5 Å². The molecule has 3 aliphatic rings. The Kier molecular flexibility index (Phi) is 14.8. The maximum atomic E-state index is 15.5. The van der Waals surface area contributed by atoms with Crippen LogP contribution in [0.1, 0.15) is 165 Å². The van der Waals surface area contributed by atoms with Gasteiger partial charge >= 0.3 is 5.97 Å². The summed E-state index contributed by atoms with van der Waals surface area (Å²) < 4.78 is 20.8. The summed E-state index contributed by atoms with van der Waals surface area (Å²) in [6, 6.07) is 5.92. The summed E-state index contributed by atoms with van der Waals surface area (Å²) in [5, 5.41) is 9.41. The van der Waals surface area contributed by atoms with Gasteiger partial charge in [0.05, 0.1) is 6.61 Å². The van der Waals surface area contributed by atoms with Crippen LogP contribution in [-0.2, 0) is 9.53 Å². The van der Waals surface area contributed by atoms with E-state index >= 15 is 4.39 Å². The molecule has 3 aliphatic carbocycles. The fourth-order valence-electron chi connectivity index (χ4n) is 9.18. The quantitative estimate of drug-likeness (QED) is 0.115. The SMILES string of the molecule is C=C(C)C(=O)OCCCC(CCCO)c1ccc(C2CCC(C3CCC(C4CCC(CCCCC)CC4)CC3)CC2)c(F)c1. The van der Waals surface area contributed by atoms with Gasteiger partial charge in [-0.05, 0) is 155 Å². The number of hydrogen-bond donors (Lipinski definition) is 1. The first-order valence-electron chi connectivity index (χ1n) is 18.6. The molecule has 0 radical (unpaired) electrons. The van der Waals surface area contributed by atoms with Crippen molar-refractivity contribution in [2.45, 2.75) is 154 Å². The van der Waals surface area contributed by atoms with E-state index in [0.29, 0.717) is 30.9 Å². The average molecular weight is 611 g/mol. The van der Waals surface area contributed by atoms with Crippen molar-refractivity contribution in [2.75, 3.05) is 13.2 Å². The second kappa shape index (κ2) is 18.5. The van der Waals surface area contributed by atoms with Gasteiger partial charge in [0.1, 0.15) is 5.82 Å². The summed E-state index contributed by atoms with van der Waals surface area (Å²) in [4.78, 5) is 11.7. The molecule has 0 amide bonds. The largest absolute Gasteiger partial charge is 0.462 e. The van der Waals surface area contributed by atoms with Gasteiger partial charge in [-0.3, -0.25) is 0 Å². The Morgan fingerprint density at radius 1 is 0.864 bits per heavy atom. The highest BCUT2D eigenvalue weighted by Crippen LogP contribution is 2.48. The Morgan fingerprint density at radius 3 is 1.98 bits per heavy atom. The van der Waals surface area contributed by atoms with Crippen LogP contribution in [0.5, 0.6) is 0 Å². The molecule has 1 aromatic rings. The maximum Gasteiger partial charge on any atom is 0.333 e. The van der Waals surface area contributed by atoms with Crippen LogP contribution in [0.25, 0.3) is 0 Å². The summed E-state index contributed by atoms with van der Waals surface area (Å²) in [7, 11) is 0. The van der Waals surface area contributed by atoms with Crippen molar-refractivity contribution in [3.63, 3.8) is 0 Å². The van der Waals surface area contributed by atoms with E-state index < -0.39 is 0 Å². The zero-order chi connectivity index (χ0) is 31.3. The smallest absolute Gasteiger partial charge is 0.333 e. The molecule has 0 spiro atoms. The summed E-state index contributed by atoms with van der Waals surface area (Å²) >= 11 is 0.